The standard InChI is InChI=1S/C18H19N5OS/c24-18(16-12-25-13-21-16)23-8-3-4-14(10-23)17-20-7-9-22(17)11-15-5-1-2-6-19-15/h1-2,5-7,9,12-14H,3-4,8,10-11H2/t14-/m0/s1. The van der Waals surface area contributed by atoms with E-state index in [-0.39, 0.29) is 11.8 Å². The zero-order chi connectivity index (χ0) is 17.1. The Morgan fingerprint density at radius 2 is 2.20 bits per heavy atom. The first-order valence-corrected chi connectivity index (χ1v) is 9.34. The van der Waals surface area contributed by atoms with Crippen molar-refractivity contribution < 1.29 is 4.79 Å². The van der Waals surface area contributed by atoms with E-state index < -0.39 is 0 Å². The van der Waals surface area contributed by atoms with Crippen LogP contribution in [-0.2, 0) is 6.54 Å². The molecule has 3 aromatic rings. The van der Waals surface area contributed by atoms with Crippen LogP contribution in [0.3, 0.4) is 0 Å². The lowest BCUT2D eigenvalue weighted by atomic mass is 9.97. The van der Waals surface area contributed by atoms with E-state index in [0.29, 0.717) is 18.8 Å². The second-order valence-electron chi connectivity index (χ2n) is 6.20. The number of piperidine rings is 1. The summed E-state index contributed by atoms with van der Waals surface area (Å²) >= 11 is 1.45. The monoisotopic (exact) mass is 353 g/mol. The zero-order valence-corrected chi connectivity index (χ0v) is 14.6. The number of imidazole rings is 1. The first kappa shape index (κ1) is 16.0. The van der Waals surface area contributed by atoms with Gasteiger partial charge in [0.2, 0.25) is 0 Å². The molecule has 0 aromatic carbocycles. The van der Waals surface area contributed by atoms with Crippen LogP contribution in [0.25, 0.3) is 0 Å². The topological polar surface area (TPSA) is 63.9 Å². The van der Waals surface area contributed by atoms with E-state index in [1.165, 1.54) is 11.3 Å². The summed E-state index contributed by atoms with van der Waals surface area (Å²) in [6.45, 7) is 2.18. The number of amides is 1. The van der Waals surface area contributed by atoms with Gasteiger partial charge in [0, 0.05) is 43.0 Å². The molecule has 1 saturated heterocycles. The fraction of sp³-hybridized carbons (Fsp3) is 0.333. The second-order valence-corrected chi connectivity index (χ2v) is 6.92. The van der Waals surface area contributed by atoms with Gasteiger partial charge >= 0.3 is 0 Å². The molecule has 0 saturated carbocycles. The summed E-state index contributed by atoms with van der Waals surface area (Å²) < 4.78 is 2.14. The van der Waals surface area contributed by atoms with Crippen molar-refractivity contribution in [1.29, 1.82) is 0 Å². The van der Waals surface area contributed by atoms with Crippen LogP contribution in [0.5, 0.6) is 0 Å². The first-order valence-electron chi connectivity index (χ1n) is 8.39. The molecular weight excluding hydrogens is 334 g/mol. The molecule has 4 heterocycles. The molecule has 0 unspecified atom stereocenters. The average molecular weight is 353 g/mol. The molecule has 1 aliphatic heterocycles. The smallest absolute Gasteiger partial charge is 0.273 e. The van der Waals surface area contributed by atoms with E-state index >= 15 is 0 Å². The molecule has 128 valence electrons. The van der Waals surface area contributed by atoms with E-state index in [9.17, 15) is 4.79 Å². The Kier molecular flexibility index (Phi) is 4.56. The number of likely N-dealkylation sites (tertiary alicyclic amines) is 1. The van der Waals surface area contributed by atoms with Crippen LogP contribution in [0, 0.1) is 0 Å². The Balaban J connectivity index is 1.50. The van der Waals surface area contributed by atoms with E-state index in [1.54, 1.807) is 11.7 Å². The number of carbonyl (C=O) groups excluding carboxylic acids is 1. The maximum Gasteiger partial charge on any atom is 0.273 e. The number of aromatic nitrogens is 4. The lowest BCUT2D eigenvalue weighted by Crippen LogP contribution is -2.40. The third-order valence-corrected chi connectivity index (χ3v) is 5.12. The molecule has 3 aromatic heterocycles. The van der Waals surface area contributed by atoms with Crippen LogP contribution in [0.2, 0.25) is 0 Å². The summed E-state index contributed by atoms with van der Waals surface area (Å²) in [7, 11) is 0. The molecule has 6 nitrogen and oxygen atoms in total. The van der Waals surface area contributed by atoms with Gasteiger partial charge in [-0.2, -0.15) is 0 Å². The Morgan fingerprint density at radius 1 is 1.24 bits per heavy atom. The van der Waals surface area contributed by atoms with Crippen molar-refractivity contribution in [1.82, 2.24) is 24.4 Å². The molecule has 0 bridgehead atoms. The van der Waals surface area contributed by atoms with E-state index in [2.05, 4.69) is 19.5 Å². The SMILES string of the molecule is O=C(c1cscn1)N1CCC[C@H](c2nccn2Cc2ccccn2)C1. The highest BCUT2D eigenvalue weighted by molar-refractivity contribution is 7.07. The second kappa shape index (κ2) is 7.14. The molecule has 4 rings (SSSR count). The summed E-state index contributed by atoms with van der Waals surface area (Å²) in [5.74, 6) is 1.30. The summed E-state index contributed by atoms with van der Waals surface area (Å²) in [5.41, 5.74) is 3.25. The Labute approximate surface area is 150 Å². The molecule has 0 radical (unpaired) electrons. The van der Waals surface area contributed by atoms with Gasteiger partial charge in [-0.25, -0.2) is 9.97 Å². The summed E-state index contributed by atoms with van der Waals surface area (Å²) in [6, 6.07) is 5.93. The maximum absolute atomic E-state index is 12.6. The number of hydrogen-bond acceptors (Lipinski definition) is 5. The van der Waals surface area contributed by atoms with Crippen molar-refractivity contribution in [2.75, 3.05) is 13.1 Å². The van der Waals surface area contributed by atoms with Gasteiger partial charge < -0.3 is 9.47 Å². The maximum atomic E-state index is 12.6. The minimum atomic E-state index is 0.0220. The summed E-state index contributed by atoms with van der Waals surface area (Å²) in [4.78, 5) is 27.6. The van der Waals surface area contributed by atoms with Crippen molar-refractivity contribution >= 4 is 17.2 Å². The highest BCUT2D eigenvalue weighted by Gasteiger charge is 2.28. The van der Waals surface area contributed by atoms with Crippen LogP contribution in [0.1, 0.15) is 40.8 Å². The van der Waals surface area contributed by atoms with E-state index in [4.69, 9.17) is 0 Å². The largest absolute Gasteiger partial charge is 0.337 e. The van der Waals surface area contributed by atoms with Gasteiger partial charge in [0.25, 0.3) is 5.91 Å². The van der Waals surface area contributed by atoms with Crippen molar-refractivity contribution in [3.63, 3.8) is 0 Å². The molecule has 7 heteroatoms. The third-order valence-electron chi connectivity index (χ3n) is 4.53. The number of carbonyl (C=O) groups is 1. The Bertz CT molecular complexity index is 830. The fourth-order valence-electron chi connectivity index (χ4n) is 3.33. The minimum absolute atomic E-state index is 0.0220. The lowest BCUT2D eigenvalue weighted by Gasteiger charge is -2.32. The minimum Gasteiger partial charge on any atom is -0.337 e. The zero-order valence-electron chi connectivity index (χ0n) is 13.8. The number of rotatable bonds is 4. The highest BCUT2D eigenvalue weighted by atomic mass is 32.1. The van der Waals surface area contributed by atoms with Crippen LogP contribution in [-0.4, -0.2) is 43.4 Å². The number of nitrogens with zero attached hydrogens (tertiary/aromatic N) is 5. The predicted molar refractivity (Wildman–Crippen MR) is 95.6 cm³/mol. The number of thiazole rings is 1. The third kappa shape index (κ3) is 3.46. The van der Waals surface area contributed by atoms with Crippen LogP contribution < -0.4 is 0 Å². The normalized spacial score (nSPS) is 17.6. The Morgan fingerprint density at radius 3 is 3.00 bits per heavy atom. The highest BCUT2D eigenvalue weighted by Crippen LogP contribution is 2.27. The van der Waals surface area contributed by atoms with Crippen LogP contribution in [0.15, 0.2) is 47.7 Å². The van der Waals surface area contributed by atoms with Crippen molar-refractivity contribution in [2.24, 2.45) is 0 Å². The Hall–Kier alpha value is -2.54. The van der Waals surface area contributed by atoms with Gasteiger partial charge in [0.05, 0.1) is 17.7 Å². The quantitative estimate of drug-likeness (QED) is 0.723. The average Bonchev–Trinajstić information content (AvgIpc) is 3.34. The molecule has 25 heavy (non-hydrogen) atoms. The molecular formula is C18H19N5OS. The van der Waals surface area contributed by atoms with Gasteiger partial charge in [-0.15, -0.1) is 11.3 Å². The van der Waals surface area contributed by atoms with Gasteiger partial charge in [-0.1, -0.05) is 6.07 Å². The lowest BCUT2D eigenvalue weighted by molar-refractivity contribution is 0.0698. The fourth-order valence-corrected chi connectivity index (χ4v) is 3.86. The van der Waals surface area contributed by atoms with Gasteiger partial charge in [-0.05, 0) is 25.0 Å². The van der Waals surface area contributed by atoms with E-state index in [0.717, 1.165) is 30.9 Å². The molecule has 0 spiro atoms. The van der Waals surface area contributed by atoms with Gasteiger partial charge in [-0.3, -0.25) is 9.78 Å². The summed E-state index contributed by atoms with van der Waals surface area (Å²) in [5, 5.41) is 1.81. The van der Waals surface area contributed by atoms with Gasteiger partial charge in [0.15, 0.2) is 0 Å². The molecule has 1 aliphatic rings. The van der Waals surface area contributed by atoms with Crippen molar-refractivity contribution in [3.8, 4) is 0 Å². The molecule has 0 N–H and O–H groups in total. The summed E-state index contributed by atoms with van der Waals surface area (Å²) in [6.07, 6.45) is 7.66. The molecule has 1 fully saturated rings. The van der Waals surface area contributed by atoms with Crippen LogP contribution >= 0.6 is 11.3 Å². The molecule has 1 atom stereocenters. The van der Waals surface area contributed by atoms with E-state index in [1.807, 2.05) is 40.9 Å². The number of hydrogen-bond donors (Lipinski definition) is 0. The predicted octanol–water partition coefficient (Wildman–Crippen LogP) is 2.80. The first-order chi connectivity index (χ1) is 12.3. The molecule has 0 aliphatic carbocycles. The van der Waals surface area contributed by atoms with Crippen molar-refractivity contribution in [3.05, 3.63) is 64.9 Å². The molecule has 1 amide bonds. The van der Waals surface area contributed by atoms with Crippen molar-refractivity contribution in [2.45, 2.75) is 25.3 Å². The van der Waals surface area contributed by atoms with Gasteiger partial charge in [0.1, 0.15) is 11.5 Å². The van der Waals surface area contributed by atoms with Crippen LogP contribution in [0.4, 0.5) is 0 Å². The number of pyridine rings is 1.